The van der Waals surface area contributed by atoms with Gasteiger partial charge in [-0.1, -0.05) is 42.5 Å². The molecule has 0 aliphatic carbocycles. The van der Waals surface area contributed by atoms with Gasteiger partial charge in [-0.3, -0.25) is 14.5 Å². The van der Waals surface area contributed by atoms with Crippen LogP contribution in [0.5, 0.6) is 0 Å². The van der Waals surface area contributed by atoms with Gasteiger partial charge in [0.15, 0.2) is 6.20 Å². The third kappa shape index (κ3) is 3.88. The van der Waals surface area contributed by atoms with Gasteiger partial charge < -0.3 is 9.88 Å². The summed E-state index contributed by atoms with van der Waals surface area (Å²) >= 11 is 0. The van der Waals surface area contributed by atoms with E-state index in [0.29, 0.717) is 47.2 Å². The van der Waals surface area contributed by atoms with E-state index < -0.39 is 22.8 Å². The van der Waals surface area contributed by atoms with Crippen LogP contribution in [-0.4, -0.2) is 60.8 Å². The summed E-state index contributed by atoms with van der Waals surface area (Å²) in [6, 6.07) is 6.77. The third-order valence-electron chi connectivity index (χ3n) is 7.80. The molecule has 2 aliphatic rings. The van der Waals surface area contributed by atoms with Crippen LogP contribution in [0.25, 0.3) is 16.9 Å². The zero-order valence-electron chi connectivity index (χ0n) is 22.8. The molecule has 12 heteroatoms. The van der Waals surface area contributed by atoms with Crippen molar-refractivity contribution >= 4 is 17.5 Å². The van der Waals surface area contributed by atoms with Gasteiger partial charge in [0, 0.05) is 25.6 Å². The number of amides is 2. The molecule has 0 bridgehead atoms. The molecule has 9 nitrogen and oxygen atoms in total. The highest BCUT2D eigenvalue weighted by Crippen LogP contribution is 2.36. The standard InChI is InChI=1S/C28H28F3N7O2/c1-16-32-13-21(33-16)24(39)35-10-11-36-25(40)22-14-37-23(38(22)27(36,5)15-35)19(26(2,3)4)12-20(34-37)17-6-8-18(9-7-17)28(29,30)31/h6-9,12-14H,10-11,15H2,1-5H3/p+1. The molecule has 6 rings (SSSR count). The second-order valence-corrected chi connectivity index (χ2v) is 11.7. The molecule has 40 heavy (non-hydrogen) atoms. The fourth-order valence-electron chi connectivity index (χ4n) is 5.79. The number of aryl methyl sites for hydroxylation is 1. The molecule has 0 radical (unpaired) electrons. The van der Waals surface area contributed by atoms with Gasteiger partial charge in [-0.2, -0.15) is 17.7 Å². The number of piperazine rings is 1. The van der Waals surface area contributed by atoms with E-state index in [4.69, 9.17) is 5.10 Å². The Hall–Kier alpha value is -4.22. The molecule has 1 atom stereocenters. The highest BCUT2D eigenvalue weighted by Gasteiger charge is 2.57. The fourth-order valence-corrected chi connectivity index (χ4v) is 5.79. The molecule has 208 valence electrons. The van der Waals surface area contributed by atoms with E-state index in [1.165, 1.54) is 18.3 Å². The molecule has 0 saturated carbocycles. The van der Waals surface area contributed by atoms with Crippen molar-refractivity contribution in [1.82, 2.24) is 29.4 Å². The SMILES string of the molecule is Cc1ncc(C(=O)N2CCN3C(=O)c4cn5nc(-c6ccc(C(F)(F)F)cc6)cc(C(C)(C)C)c5[n+]4C3(C)C2)[nH]1. The normalized spacial score (nSPS) is 19.4. The monoisotopic (exact) mass is 552 g/mol. The van der Waals surface area contributed by atoms with Crippen molar-refractivity contribution in [2.45, 2.75) is 51.9 Å². The van der Waals surface area contributed by atoms with Gasteiger partial charge >= 0.3 is 17.7 Å². The summed E-state index contributed by atoms with van der Waals surface area (Å²) in [5.41, 5.74) is 1.41. The zero-order chi connectivity index (χ0) is 28.8. The number of carbonyl (C=O) groups is 2. The van der Waals surface area contributed by atoms with Crippen LogP contribution in [0.2, 0.25) is 0 Å². The first kappa shape index (κ1) is 26.0. The number of aromatic nitrogens is 5. The van der Waals surface area contributed by atoms with Crippen LogP contribution in [0.4, 0.5) is 13.2 Å². The molecule has 1 N–H and O–H groups in total. The lowest BCUT2D eigenvalue weighted by Crippen LogP contribution is -2.69. The minimum atomic E-state index is -4.43. The summed E-state index contributed by atoms with van der Waals surface area (Å²) in [5.74, 6) is 0.294. The first-order valence-electron chi connectivity index (χ1n) is 13.0. The molecule has 1 fully saturated rings. The number of nitrogens with zero attached hydrogens (tertiary/aromatic N) is 6. The van der Waals surface area contributed by atoms with Crippen molar-refractivity contribution in [2.75, 3.05) is 19.6 Å². The lowest BCUT2D eigenvalue weighted by atomic mass is 9.87. The molecule has 2 amide bonds. The molecular formula is C28H29F3N7O2+. The first-order valence-corrected chi connectivity index (χ1v) is 13.0. The Bertz CT molecular complexity index is 1680. The van der Waals surface area contributed by atoms with E-state index in [2.05, 4.69) is 9.97 Å². The Morgan fingerprint density at radius 2 is 1.82 bits per heavy atom. The minimum Gasteiger partial charge on any atom is -0.338 e. The summed E-state index contributed by atoms with van der Waals surface area (Å²) in [5, 5.41) is 4.73. The molecule has 3 aromatic heterocycles. The number of benzene rings is 1. The number of alkyl halides is 3. The summed E-state index contributed by atoms with van der Waals surface area (Å²) in [6.07, 6.45) is -1.24. The lowest BCUT2D eigenvalue weighted by Gasteiger charge is -2.42. The van der Waals surface area contributed by atoms with Gasteiger partial charge in [0.25, 0.3) is 5.91 Å². The van der Waals surface area contributed by atoms with Crippen LogP contribution in [0.3, 0.4) is 0 Å². The van der Waals surface area contributed by atoms with Crippen LogP contribution in [0.1, 0.15) is 65.6 Å². The average Bonchev–Trinajstić information content (AvgIpc) is 3.55. The van der Waals surface area contributed by atoms with E-state index in [9.17, 15) is 22.8 Å². The summed E-state index contributed by atoms with van der Waals surface area (Å²) < 4.78 is 43.0. The molecule has 4 aromatic rings. The number of carbonyl (C=O) groups excluding carboxylic acids is 2. The molecule has 5 heterocycles. The number of H-pyrrole nitrogens is 1. The highest BCUT2D eigenvalue weighted by atomic mass is 19.4. The second-order valence-electron chi connectivity index (χ2n) is 11.7. The van der Waals surface area contributed by atoms with Crippen LogP contribution < -0.4 is 4.57 Å². The van der Waals surface area contributed by atoms with Crippen molar-refractivity contribution in [1.29, 1.82) is 0 Å². The Labute approximate surface area is 228 Å². The quantitative estimate of drug-likeness (QED) is 0.382. The van der Waals surface area contributed by atoms with Crippen LogP contribution >= 0.6 is 0 Å². The first-order chi connectivity index (χ1) is 18.7. The molecule has 0 spiro atoms. The Morgan fingerprint density at radius 1 is 1.12 bits per heavy atom. The Morgan fingerprint density at radius 3 is 2.42 bits per heavy atom. The van der Waals surface area contributed by atoms with Crippen LogP contribution in [0, 0.1) is 6.92 Å². The molecule has 1 unspecified atom stereocenters. The lowest BCUT2D eigenvalue weighted by molar-refractivity contribution is -0.749. The summed E-state index contributed by atoms with van der Waals surface area (Å²) in [7, 11) is 0. The third-order valence-corrected chi connectivity index (χ3v) is 7.80. The van der Waals surface area contributed by atoms with Crippen molar-refractivity contribution in [3.05, 3.63) is 71.1 Å². The summed E-state index contributed by atoms with van der Waals surface area (Å²) in [4.78, 5) is 37.6. The number of aromatic amines is 1. The molecule has 1 saturated heterocycles. The van der Waals surface area contributed by atoms with E-state index in [-0.39, 0.29) is 18.4 Å². The fraction of sp³-hybridized carbons (Fsp3) is 0.393. The number of hydrogen-bond donors (Lipinski definition) is 1. The van der Waals surface area contributed by atoms with Crippen LogP contribution in [-0.2, 0) is 17.3 Å². The number of nitrogens with one attached hydrogen (secondary N) is 1. The molecular weight excluding hydrogens is 523 g/mol. The van der Waals surface area contributed by atoms with Gasteiger partial charge in [-0.15, -0.1) is 0 Å². The molecule has 2 aliphatic heterocycles. The number of hydrogen-bond acceptors (Lipinski definition) is 4. The van der Waals surface area contributed by atoms with Gasteiger partial charge in [-0.05, 0) is 30.5 Å². The van der Waals surface area contributed by atoms with Crippen molar-refractivity contribution in [3.8, 4) is 11.3 Å². The van der Waals surface area contributed by atoms with Crippen molar-refractivity contribution in [3.63, 3.8) is 0 Å². The number of imidazole rings is 2. The van der Waals surface area contributed by atoms with Crippen molar-refractivity contribution < 1.29 is 27.3 Å². The van der Waals surface area contributed by atoms with E-state index in [1.54, 1.807) is 27.4 Å². The Kier molecular flexibility index (Phi) is 5.46. The zero-order valence-corrected chi connectivity index (χ0v) is 22.8. The predicted molar refractivity (Wildman–Crippen MR) is 138 cm³/mol. The maximum atomic E-state index is 13.6. The molecule has 1 aromatic carbocycles. The van der Waals surface area contributed by atoms with Gasteiger partial charge in [0.05, 0.1) is 23.9 Å². The maximum absolute atomic E-state index is 13.6. The van der Waals surface area contributed by atoms with E-state index in [1.807, 2.05) is 38.3 Å². The largest absolute Gasteiger partial charge is 0.416 e. The minimum absolute atomic E-state index is 0.159. The topological polar surface area (TPSA) is 90.5 Å². The van der Waals surface area contributed by atoms with E-state index in [0.717, 1.165) is 17.7 Å². The maximum Gasteiger partial charge on any atom is 0.416 e. The van der Waals surface area contributed by atoms with Crippen molar-refractivity contribution in [2.24, 2.45) is 0 Å². The Balaban J connectivity index is 1.48. The van der Waals surface area contributed by atoms with Gasteiger partial charge in [0.1, 0.15) is 17.2 Å². The predicted octanol–water partition coefficient (Wildman–Crippen LogP) is 3.92. The highest BCUT2D eigenvalue weighted by molar-refractivity contribution is 5.95. The number of fused-ring (bicyclic) bond motifs is 5. The average molecular weight is 553 g/mol. The smallest absolute Gasteiger partial charge is 0.338 e. The van der Waals surface area contributed by atoms with Gasteiger partial charge in [0.2, 0.25) is 11.4 Å². The second kappa shape index (κ2) is 8.39. The van der Waals surface area contributed by atoms with E-state index >= 15 is 0 Å². The number of halogens is 3. The summed E-state index contributed by atoms with van der Waals surface area (Å²) in [6.45, 7) is 10.8. The number of rotatable bonds is 2. The van der Waals surface area contributed by atoms with Crippen LogP contribution in [0.15, 0.2) is 42.7 Å². The van der Waals surface area contributed by atoms with Gasteiger partial charge in [-0.25, -0.2) is 4.98 Å².